The van der Waals surface area contributed by atoms with E-state index in [4.69, 9.17) is 9.26 Å². The SMILES string of the molecule is CCOC1CC(NCc2c(C)noc2C)C1. The maximum atomic E-state index is 5.52. The molecular formula is C12H20N2O2. The number of hydrogen-bond donors (Lipinski definition) is 1. The topological polar surface area (TPSA) is 47.3 Å². The average Bonchev–Trinajstić information content (AvgIpc) is 2.51. The molecule has 90 valence electrons. The fraction of sp³-hybridized carbons (Fsp3) is 0.750. The van der Waals surface area contributed by atoms with E-state index in [9.17, 15) is 0 Å². The minimum atomic E-state index is 0.465. The number of nitrogens with one attached hydrogen (secondary N) is 1. The summed E-state index contributed by atoms with van der Waals surface area (Å²) in [6.45, 7) is 7.66. The summed E-state index contributed by atoms with van der Waals surface area (Å²) in [4.78, 5) is 0. The number of rotatable bonds is 5. The molecule has 0 atom stereocenters. The lowest BCUT2D eigenvalue weighted by molar-refractivity contribution is -0.0102. The van der Waals surface area contributed by atoms with Gasteiger partial charge in [-0.15, -0.1) is 0 Å². The maximum Gasteiger partial charge on any atom is 0.138 e. The van der Waals surface area contributed by atoms with Crippen molar-refractivity contribution in [3.05, 3.63) is 17.0 Å². The smallest absolute Gasteiger partial charge is 0.138 e. The van der Waals surface area contributed by atoms with Crippen LogP contribution >= 0.6 is 0 Å². The second-order valence-electron chi connectivity index (χ2n) is 4.43. The van der Waals surface area contributed by atoms with E-state index in [0.717, 1.165) is 37.4 Å². The summed E-state index contributed by atoms with van der Waals surface area (Å²) in [5.41, 5.74) is 2.19. The highest BCUT2D eigenvalue weighted by Crippen LogP contribution is 2.24. The molecule has 0 spiro atoms. The van der Waals surface area contributed by atoms with Crippen LogP contribution in [0.4, 0.5) is 0 Å². The Morgan fingerprint density at radius 1 is 1.44 bits per heavy atom. The molecule has 0 saturated heterocycles. The van der Waals surface area contributed by atoms with Gasteiger partial charge in [0, 0.05) is 24.8 Å². The van der Waals surface area contributed by atoms with Crippen LogP contribution in [0.1, 0.15) is 36.8 Å². The van der Waals surface area contributed by atoms with Gasteiger partial charge in [0.2, 0.25) is 0 Å². The number of ether oxygens (including phenoxy) is 1. The highest BCUT2D eigenvalue weighted by atomic mass is 16.5. The fourth-order valence-corrected chi connectivity index (χ4v) is 2.10. The third-order valence-corrected chi connectivity index (χ3v) is 3.25. The van der Waals surface area contributed by atoms with Crippen molar-refractivity contribution in [2.24, 2.45) is 0 Å². The van der Waals surface area contributed by atoms with Crippen molar-refractivity contribution < 1.29 is 9.26 Å². The maximum absolute atomic E-state index is 5.52. The summed E-state index contributed by atoms with van der Waals surface area (Å²) in [6.07, 6.45) is 2.71. The zero-order valence-electron chi connectivity index (χ0n) is 10.2. The molecule has 0 aliphatic heterocycles. The second-order valence-corrected chi connectivity index (χ2v) is 4.43. The summed E-state index contributed by atoms with van der Waals surface area (Å²) in [6, 6.07) is 0.588. The monoisotopic (exact) mass is 224 g/mol. The van der Waals surface area contributed by atoms with E-state index < -0.39 is 0 Å². The van der Waals surface area contributed by atoms with Gasteiger partial charge in [0.15, 0.2) is 0 Å². The van der Waals surface area contributed by atoms with Gasteiger partial charge >= 0.3 is 0 Å². The minimum absolute atomic E-state index is 0.465. The summed E-state index contributed by atoms with van der Waals surface area (Å²) in [5.74, 6) is 0.922. The van der Waals surface area contributed by atoms with Crippen LogP contribution in [-0.2, 0) is 11.3 Å². The minimum Gasteiger partial charge on any atom is -0.378 e. The number of aromatic nitrogens is 1. The van der Waals surface area contributed by atoms with Crippen LogP contribution in [-0.4, -0.2) is 23.9 Å². The Morgan fingerprint density at radius 3 is 2.75 bits per heavy atom. The lowest BCUT2D eigenvalue weighted by atomic mass is 9.89. The van der Waals surface area contributed by atoms with Crippen molar-refractivity contribution >= 4 is 0 Å². The quantitative estimate of drug-likeness (QED) is 0.830. The van der Waals surface area contributed by atoms with E-state index in [-0.39, 0.29) is 0 Å². The molecule has 4 nitrogen and oxygen atoms in total. The Kier molecular flexibility index (Phi) is 3.61. The van der Waals surface area contributed by atoms with Gasteiger partial charge in [-0.3, -0.25) is 0 Å². The third kappa shape index (κ3) is 2.44. The first-order chi connectivity index (χ1) is 7.70. The van der Waals surface area contributed by atoms with E-state index in [1.165, 1.54) is 5.56 Å². The van der Waals surface area contributed by atoms with Crippen molar-refractivity contribution in [1.29, 1.82) is 0 Å². The van der Waals surface area contributed by atoms with Crippen LogP contribution in [0.2, 0.25) is 0 Å². The highest BCUT2D eigenvalue weighted by Gasteiger charge is 2.29. The second kappa shape index (κ2) is 4.97. The lowest BCUT2D eigenvalue weighted by Crippen LogP contribution is -2.45. The average molecular weight is 224 g/mol. The van der Waals surface area contributed by atoms with Gasteiger partial charge in [-0.1, -0.05) is 5.16 Å². The standard InChI is InChI=1S/C12H20N2O2/c1-4-15-11-5-10(6-11)13-7-12-8(2)14-16-9(12)3/h10-11,13H,4-7H2,1-3H3. The summed E-state index contributed by atoms with van der Waals surface area (Å²) in [5, 5.41) is 7.45. The molecule has 1 aromatic rings. The Morgan fingerprint density at radius 2 is 2.19 bits per heavy atom. The molecule has 1 saturated carbocycles. The van der Waals surface area contributed by atoms with Gasteiger partial charge in [-0.05, 0) is 33.6 Å². The Bertz CT molecular complexity index is 323. The van der Waals surface area contributed by atoms with Crippen LogP contribution in [0, 0.1) is 13.8 Å². The molecule has 0 aromatic carbocycles. The van der Waals surface area contributed by atoms with E-state index in [0.29, 0.717) is 12.1 Å². The molecule has 4 heteroatoms. The normalized spacial score (nSPS) is 24.4. The summed E-state index contributed by atoms with van der Waals surface area (Å²) >= 11 is 0. The molecule has 1 N–H and O–H groups in total. The predicted octanol–water partition coefficient (Wildman–Crippen LogP) is 1.95. The van der Waals surface area contributed by atoms with Crippen LogP contribution in [0.3, 0.4) is 0 Å². The van der Waals surface area contributed by atoms with Gasteiger partial charge in [0.05, 0.1) is 11.8 Å². The molecule has 0 amide bonds. The fourth-order valence-electron chi connectivity index (χ4n) is 2.10. The summed E-state index contributed by atoms with van der Waals surface area (Å²) < 4.78 is 10.6. The molecular weight excluding hydrogens is 204 g/mol. The van der Waals surface area contributed by atoms with Crippen LogP contribution in [0.5, 0.6) is 0 Å². The molecule has 1 aliphatic carbocycles. The van der Waals surface area contributed by atoms with Gasteiger partial charge in [0.1, 0.15) is 5.76 Å². The molecule has 1 heterocycles. The van der Waals surface area contributed by atoms with Gasteiger partial charge < -0.3 is 14.6 Å². The summed E-state index contributed by atoms with van der Waals surface area (Å²) in [7, 11) is 0. The van der Waals surface area contributed by atoms with Crippen LogP contribution in [0.15, 0.2) is 4.52 Å². The molecule has 1 aromatic heterocycles. The first kappa shape index (κ1) is 11.6. The van der Waals surface area contributed by atoms with Gasteiger partial charge in [-0.2, -0.15) is 0 Å². The lowest BCUT2D eigenvalue weighted by Gasteiger charge is -2.35. The van der Waals surface area contributed by atoms with Crippen LogP contribution < -0.4 is 5.32 Å². The zero-order valence-corrected chi connectivity index (χ0v) is 10.2. The Labute approximate surface area is 96.3 Å². The zero-order chi connectivity index (χ0) is 11.5. The molecule has 0 radical (unpaired) electrons. The molecule has 1 aliphatic rings. The van der Waals surface area contributed by atoms with Crippen molar-refractivity contribution in [1.82, 2.24) is 10.5 Å². The largest absolute Gasteiger partial charge is 0.378 e. The molecule has 0 unspecified atom stereocenters. The Hall–Kier alpha value is -0.870. The molecule has 16 heavy (non-hydrogen) atoms. The predicted molar refractivity (Wildman–Crippen MR) is 61.3 cm³/mol. The van der Waals surface area contributed by atoms with Crippen molar-refractivity contribution in [2.45, 2.75) is 52.3 Å². The molecule has 2 rings (SSSR count). The van der Waals surface area contributed by atoms with Crippen LogP contribution in [0.25, 0.3) is 0 Å². The van der Waals surface area contributed by atoms with E-state index >= 15 is 0 Å². The molecule has 1 fully saturated rings. The first-order valence-corrected chi connectivity index (χ1v) is 5.97. The van der Waals surface area contributed by atoms with Crippen molar-refractivity contribution in [3.8, 4) is 0 Å². The Balaban J connectivity index is 1.73. The van der Waals surface area contributed by atoms with E-state index in [2.05, 4.69) is 10.5 Å². The third-order valence-electron chi connectivity index (χ3n) is 3.25. The first-order valence-electron chi connectivity index (χ1n) is 5.97. The van der Waals surface area contributed by atoms with E-state index in [1.807, 2.05) is 20.8 Å². The highest BCUT2D eigenvalue weighted by molar-refractivity contribution is 5.20. The van der Waals surface area contributed by atoms with E-state index in [1.54, 1.807) is 0 Å². The number of nitrogens with zero attached hydrogens (tertiary/aromatic N) is 1. The number of hydrogen-bond acceptors (Lipinski definition) is 4. The van der Waals surface area contributed by atoms with Gasteiger partial charge in [-0.25, -0.2) is 0 Å². The van der Waals surface area contributed by atoms with Crippen molar-refractivity contribution in [3.63, 3.8) is 0 Å². The van der Waals surface area contributed by atoms with Gasteiger partial charge in [0.25, 0.3) is 0 Å². The van der Waals surface area contributed by atoms with Crippen molar-refractivity contribution in [2.75, 3.05) is 6.61 Å². The number of aryl methyl sites for hydroxylation is 2. The molecule has 0 bridgehead atoms.